The predicted molar refractivity (Wildman–Crippen MR) is 60.0 cm³/mol. The van der Waals surface area contributed by atoms with Crippen LogP contribution < -0.4 is 10.1 Å². The smallest absolute Gasteiger partial charge is 0.174 e. The molecule has 5 heteroatoms. The molecule has 0 amide bonds. The Labute approximate surface area is 98.4 Å². The lowest BCUT2D eigenvalue weighted by atomic mass is 10.3. The molecule has 0 saturated heterocycles. The third kappa shape index (κ3) is 3.29. The van der Waals surface area contributed by atoms with Crippen LogP contribution in [0.1, 0.15) is 11.5 Å². The van der Waals surface area contributed by atoms with Crippen LogP contribution in [0.25, 0.3) is 0 Å². The molecule has 1 aromatic carbocycles. The molecule has 0 atom stereocenters. The van der Waals surface area contributed by atoms with Crippen LogP contribution in [-0.2, 0) is 13.2 Å². The number of hydrogen-bond acceptors (Lipinski definition) is 4. The van der Waals surface area contributed by atoms with Crippen LogP contribution in [-0.4, -0.2) is 12.2 Å². The van der Waals surface area contributed by atoms with Crippen molar-refractivity contribution in [2.75, 3.05) is 7.05 Å². The molecule has 0 fully saturated rings. The van der Waals surface area contributed by atoms with Gasteiger partial charge >= 0.3 is 0 Å². The summed E-state index contributed by atoms with van der Waals surface area (Å²) in [5.74, 6) is 0.950. The van der Waals surface area contributed by atoms with Gasteiger partial charge in [0.15, 0.2) is 5.76 Å². The van der Waals surface area contributed by atoms with E-state index in [4.69, 9.17) is 9.26 Å². The molecular formula is C12H13FN2O2. The molecule has 2 rings (SSSR count). The zero-order chi connectivity index (χ0) is 12.1. The van der Waals surface area contributed by atoms with Gasteiger partial charge in [-0.25, -0.2) is 4.39 Å². The van der Waals surface area contributed by atoms with Crippen molar-refractivity contribution in [3.8, 4) is 5.75 Å². The van der Waals surface area contributed by atoms with E-state index in [-0.39, 0.29) is 12.4 Å². The van der Waals surface area contributed by atoms with Gasteiger partial charge in [0, 0.05) is 12.6 Å². The Hall–Kier alpha value is -1.88. The van der Waals surface area contributed by atoms with Gasteiger partial charge in [-0.05, 0) is 31.3 Å². The Morgan fingerprint density at radius 3 is 2.82 bits per heavy atom. The number of halogens is 1. The average Bonchev–Trinajstić information content (AvgIpc) is 2.77. The maximum atomic E-state index is 12.6. The van der Waals surface area contributed by atoms with Crippen molar-refractivity contribution in [3.05, 3.63) is 47.6 Å². The van der Waals surface area contributed by atoms with Crippen LogP contribution in [0.3, 0.4) is 0 Å². The summed E-state index contributed by atoms with van der Waals surface area (Å²) < 4.78 is 23.1. The molecule has 0 aliphatic heterocycles. The molecule has 0 aliphatic carbocycles. The van der Waals surface area contributed by atoms with E-state index in [0.717, 1.165) is 5.69 Å². The summed E-state index contributed by atoms with van der Waals surface area (Å²) in [7, 11) is 1.84. The maximum absolute atomic E-state index is 12.6. The third-order valence-electron chi connectivity index (χ3n) is 2.16. The first-order chi connectivity index (χ1) is 8.28. The van der Waals surface area contributed by atoms with E-state index in [9.17, 15) is 4.39 Å². The molecule has 1 heterocycles. The molecule has 0 aliphatic rings. The first-order valence-electron chi connectivity index (χ1n) is 5.25. The molecular weight excluding hydrogens is 223 g/mol. The van der Waals surface area contributed by atoms with Crippen molar-refractivity contribution in [3.63, 3.8) is 0 Å². The summed E-state index contributed by atoms with van der Waals surface area (Å²) in [4.78, 5) is 0. The molecule has 90 valence electrons. The van der Waals surface area contributed by atoms with Crippen LogP contribution in [0.4, 0.5) is 4.39 Å². The first kappa shape index (κ1) is 11.6. The Morgan fingerprint density at radius 1 is 1.35 bits per heavy atom. The van der Waals surface area contributed by atoms with E-state index in [1.807, 2.05) is 13.1 Å². The van der Waals surface area contributed by atoms with Crippen LogP contribution >= 0.6 is 0 Å². The van der Waals surface area contributed by atoms with Crippen molar-refractivity contribution in [2.24, 2.45) is 0 Å². The largest absolute Gasteiger partial charge is 0.486 e. The quantitative estimate of drug-likeness (QED) is 0.863. The monoisotopic (exact) mass is 236 g/mol. The summed E-state index contributed by atoms with van der Waals surface area (Å²) in [6.07, 6.45) is 0. The lowest BCUT2D eigenvalue weighted by Gasteiger charge is -2.02. The van der Waals surface area contributed by atoms with Crippen LogP contribution in [0.5, 0.6) is 5.75 Å². The lowest BCUT2D eigenvalue weighted by molar-refractivity contribution is 0.248. The molecule has 4 nitrogen and oxygen atoms in total. The van der Waals surface area contributed by atoms with Gasteiger partial charge in [0.05, 0.1) is 5.69 Å². The summed E-state index contributed by atoms with van der Waals surface area (Å²) in [6.45, 7) is 0.933. The van der Waals surface area contributed by atoms with E-state index in [0.29, 0.717) is 18.1 Å². The van der Waals surface area contributed by atoms with Crippen LogP contribution in [0, 0.1) is 5.82 Å². The highest BCUT2D eigenvalue weighted by atomic mass is 19.1. The molecule has 0 radical (unpaired) electrons. The average molecular weight is 236 g/mol. The number of ether oxygens (including phenoxy) is 1. The molecule has 0 bridgehead atoms. The third-order valence-corrected chi connectivity index (χ3v) is 2.16. The summed E-state index contributed by atoms with van der Waals surface area (Å²) >= 11 is 0. The molecule has 0 spiro atoms. The molecule has 17 heavy (non-hydrogen) atoms. The van der Waals surface area contributed by atoms with Gasteiger partial charge in [-0.3, -0.25) is 0 Å². The first-order valence-corrected chi connectivity index (χ1v) is 5.25. The SMILES string of the molecule is CNCc1cc(COc2ccc(F)cc2)on1. The van der Waals surface area contributed by atoms with Gasteiger partial charge in [0.2, 0.25) is 0 Å². The van der Waals surface area contributed by atoms with Crippen molar-refractivity contribution in [1.82, 2.24) is 10.5 Å². The minimum absolute atomic E-state index is 0.280. The topological polar surface area (TPSA) is 47.3 Å². The van der Waals surface area contributed by atoms with Gasteiger partial charge in [-0.1, -0.05) is 5.16 Å². The van der Waals surface area contributed by atoms with Gasteiger partial charge in [-0.2, -0.15) is 0 Å². The predicted octanol–water partition coefficient (Wildman–Crippen LogP) is 2.11. The standard InChI is InChI=1S/C12H13FN2O2/c1-14-7-10-6-12(17-15-10)8-16-11-4-2-9(13)3-5-11/h2-6,14H,7-8H2,1H3. The van der Waals surface area contributed by atoms with Gasteiger partial charge < -0.3 is 14.6 Å². The highest BCUT2D eigenvalue weighted by molar-refractivity contribution is 5.22. The molecule has 2 aromatic rings. The fourth-order valence-corrected chi connectivity index (χ4v) is 1.37. The summed E-state index contributed by atoms with van der Waals surface area (Å²) in [6, 6.07) is 7.66. The maximum Gasteiger partial charge on any atom is 0.174 e. The van der Waals surface area contributed by atoms with Gasteiger partial charge in [0.25, 0.3) is 0 Å². The van der Waals surface area contributed by atoms with Gasteiger partial charge in [0.1, 0.15) is 18.2 Å². The number of aromatic nitrogens is 1. The van der Waals surface area contributed by atoms with Crippen LogP contribution in [0.15, 0.2) is 34.9 Å². The number of hydrogen-bond donors (Lipinski definition) is 1. The Balaban J connectivity index is 1.90. The van der Waals surface area contributed by atoms with Crippen molar-refractivity contribution < 1.29 is 13.7 Å². The van der Waals surface area contributed by atoms with E-state index in [2.05, 4.69) is 10.5 Å². The zero-order valence-corrected chi connectivity index (χ0v) is 9.44. The normalized spacial score (nSPS) is 10.5. The highest BCUT2D eigenvalue weighted by Gasteiger charge is 2.04. The second-order valence-corrected chi connectivity index (χ2v) is 3.56. The molecule has 1 aromatic heterocycles. The second kappa shape index (κ2) is 5.45. The molecule has 1 N–H and O–H groups in total. The number of nitrogens with zero attached hydrogens (tertiary/aromatic N) is 1. The number of nitrogens with one attached hydrogen (secondary N) is 1. The van der Waals surface area contributed by atoms with E-state index < -0.39 is 0 Å². The molecule has 0 saturated carbocycles. The number of rotatable bonds is 5. The second-order valence-electron chi connectivity index (χ2n) is 3.56. The minimum Gasteiger partial charge on any atom is -0.486 e. The number of benzene rings is 1. The van der Waals surface area contributed by atoms with E-state index in [1.165, 1.54) is 12.1 Å². The Bertz CT molecular complexity index is 468. The van der Waals surface area contributed by atoms with Gasteiger partial charge in [-0.15, -0.1) is 0 Å². The van der Waals surface area contributed by atoms with Crippen molar-refractivity contribution >= 4 is 0 Å². The van der Waals surface area contributed by atoms with Crippen LogP contribution in [0.2, 0.25) is 0 Å². The van der Waals surface area contributed by atoms with E-state index in [1.54, 1.807) is 12.1 Å². The summed E-state index contributed by atoms with van der Waals surface area (Å²) in [5, 5.41) is 6.83. The lowest BCUT2D eigenvalue weighted by Crippen LogP contribution is -2.04. The fraction of sp³-hybridized carbons (Fsp3) is 0.250. The van der Waals surface area contributed by atoms with Crippen molar-refractivity contribution in [2.45, 2.75) is 13.2 Å². The zero-order valence-electron chi connectivity index (χ0n) is 9.44. The Kier molecular flexibility index (Phi) is 3.72. The van der Waals surface area contributed by atoms with Crippen molar-refractivity contribution in [1.29, 1.82) is 0 Å². The fourth-order valence-electron chi connectivity index (χ4n) is 1.37. The summed E-state index contributed by atoms with van der Waals surface area (Å²) in [5.41, 5.74) is 0.824. The molecule has 0 unspecified atom stereocenters. The Morgan fingerprint density at radius 2 is 2.12 bits per heavy atom. The minimum atomic E-state index is -0.284. The van der Waals surface area contributed by atoms with E-state index >= 15 is 0 Å². The highest BCUT2D eigenvalue weighted by Crippen LogP contribution is 2.13.